The van der Waals surface area contributed by atoms with E-state index in [-0.39, 0.29) is 40.1 Å². The van der Waals surface area contributed by atoms with Crippen molar-refractivity contribution in [2.75, 3.05) is 0 Å². The third kappa shape index (κ3) is 9.54. The molecule has 45 valence electrons. The van der Waals surface area contributed by atoms with Crippen LogP contribution >= 0.6 is 0 Å². The van der Waals surface area contributed by atoms with E-state index in [1.807, 2.05) is 0 Å². The van der Waals surface area contributed by atoms with Gasteiger partial charge in [-0.3, -0.25) is 6.92 Å². The molecule has 0 saturated carbocycles. The normalized spacial score (nSPS) is 8.25. The number of hydrogen-bond donors (Lipinski definition) is 0. The molecule has 0 N–H and O–H groups in total. The molecule has 0 aliphatic heterocycles. The quantitative estimate of drug-likeness (QED) is 0.344. The Bertz CT molecular complexity index is 76.6. The van der Waals surface area contributed by atoms with Crippen LogP contribution in [0.25, 0.3) is 0 Å². The molecule has 0 aromatic carbocycles. The van der Waals surface area contributed by atoms with E-state index in [1.165, 1.54) is 6.08 Å². The fraction of sp³-hybridized carbons (Fsp3) is 0.167. The van der Waals surface area contributed by atoms with E-state index in [0.29, 0.717) is 11.9 Å². The van der Waals surface area contributed by atoms with Gasteiger partial charge in [-0.25, -0.2) is 0 Å². The maximum atomic E-state index is 9.57. The Kier molecular flexibility index (Phi) is 20.2. The summed E-state index contributed by atoms with van der Waals surface area (Å²) in [6.45, 7) is 6.61. The summed E-state index contributed by atoms with van der Waals surface area (Å²) in [5.74, 6) is 0. The van der Waals surface area contributed by atoms with E-state index in [2.05, 4.69) is 13.8 Å². The van der Waals surface area contributed by atoms with Crippen molar-refractivity contribution in [2.45, 2.75) is 7.43 Å². The Morgan fingerprint density at radius 3 is 1.88 bits per heavy atom. The van der Waals surface area contributed by atoms with Gasteiger partial charge in [0, 0.05) is 32.7 Å². The van der Waals surface area contributed by atoms with Crippen molar-refractivity contribution >= 4 is 6.29 Å². The first-order chi connectivity index (χ1) is 2.81. The number of carbonyl (C=O) groups is 1. The van der Waals surface area contributed by atoms with Crippen molar-refractivity contribution in [3.8, 4) is 0 Å². The van der Waals surface area contributed by atoms with Gasteiger partial charge in [-0.1, -0.05) is 7.43 Å². The van der Waals surface area contributed by atoms with Crippen molar-refractivity contribution in [1.29, 1.82) is 0 Å². The molecule has 0 aromatic heterocycles. The summed E-state index contributed by atoms with van der Waals surface area (Å²) in [6, 6.07) is 0. The van der Waals surface area contributed by atoms with Crippen molar-refractivity contribution in [3.63, 3.8) is 0 Å². The standard InChI is InChI=1S/C5H6O.CH4.Y/c1-3-5(2)4-6;;/h3-4H,1-2H2;1H4;/q-2;;. The first-order valence-electron chi connectivity index (χ1n) is 1.57. The molecule has 0 aliphatic rings. The van der Waals surface area contributed by atoms with Crippen LogP contribution in [-0.4, -0.2) is 6.29 Å². The van der Waals surface area contributed by atoms with Crippen LogP contribution in [0.4, 0.5) is 0 Å². The molecule has 0 bridgehead atoms. The third-order valence-corrected chi connectivity index (χ3v) is 0.414. The number of rotatable bonds is 1. The van der Waals surface area contributed by atoms with Gasteiger partial charge in [0.1, 0.15) is 0 Å². The topological polar surface area (TPSA) is 17.1 Å². The van der Waals surface area contributed by atoms with Crippen LogP contribution in [0, 0.1) is 13.8 Å². The van der Waals surface area contributed by atoms with E-state index >= 15 is 0 Å². The van der Waals surface area contributed by atoms with Crippen LogP contribution < -0.4 is 0 Å². The minimum Gasteiger partial charge on any atom is -0.395 e. The molecule has 8 heavy (non-hydrogen) atoms. The van der Waals surface area contributed by atoms with Gasteiger partial charge in [0.05, 0.1) is 0 Å². The van der Waals surface area contributed by atoms with E-state index in [9.17, 15) is 4.79 Å². The van der Waals surface area contributed by atoms with Crippen molar-refractivity contribution in [1.82, 2.24) is 0 Å². The van der Waals surface area contributed by atoms with Gasteiger partial charge in [-0.15, -0.1) is 0 Å². The van der Waals surface area contributed by atoms with Gasteiger partial charge < -0.3 is 23.4 Å². The molecule has 0 unspecified atom stereocenters. The molecule has 0 aromatic rings. The monoisotopic (exact) mass is 187 g/mol. The molecule has 0 amide bonds. The Hall–Kier alpha value is 0.254. The third-order valence-electron chi connectivity index (χ3n) is 0.414. The largest absolute Gasteiger partial charge is 0.395 e. The van der Waals surface area contributed by atoms with Crippen LogP contribution in [0.3, 0.4) is 0 Å². The van der Waals surface area contributed by atoms with Crippen LogP contribution in [0.1, 0.15) is 7.43 Å². The van der Waals surface area contributed by atoms with E-state index < -0.39 is 0 Å². The van der Waals surface area contributed by atoms with Crippen molar-refractivity contribution in [3.05, 3.63) is 25.5 Å². The number of hydrogen-bond acceptors (Lipinski definition) is 1. The molecule has 0 aliphatic carbocycles. The predicted octanol–water partition coefficient (Wildman–Crippen LogP) is 1.41. The van der Waals surface area contributed by atoms with Crippen LogP contribution in [0.15, 0.2) is 11.6 Å². The van der Waals surface area contributed by atoms with Gasteiger partial charge in [0.15, 0.2) is 0 Å². The summed E-state index contributed by atoms with van der Waals surface area (Å²) in [6.07, 6.45) is 2.07. The van der Waals surface area contributed by atoms with Gasteiger partial charge in [0.2, 0.25) is 0 Å². The van der Waals surface area contributed by atoms with Gasteiger partial charge in [-0.2, -0.15) is 0 Å². The fourth-order valence-electron chi connectivity index (χ4n) is 0.0481. The Morgan fingerprint density at radius 1 is 1.50 bits per heavy atom. The minimum atomic E-state index is 0. The van der Waals surface area contributed by atoms with Crippen LogP contribution in [0.5, 0.6) is 0 Å². The fourth-order valence-corrected chi connectivity index (χ4v) is 0.0481. The zero-order chi connectivity index (χ0) is 4.99. The predicted molar refractivity (Wildman–Crippen MR) is 31.6 cm³/mol. The van der Waals surface area contributed by atoms with Gasteiger partial charge in [-0.05, 0) is 6.29 Å². The second-order valence-electron chi connectivity index (χ2n) is 0.897. The molecule has 0 spiro atoms. The summed E-state index contributed by atoms with van der Waals surface area (Å²) in [7, 11) is 0. The molecule has 2 heteroatoms. The summed E-state index contributed by atoms with van der Waals surface area (Å²) in [5.41, 5.74) is 0.426. The van der Waals surface area contributed by atoms with Crippen LogP contribution in [-0.2, 0) is 37.5 Å². The van der Waals surface area contributed by atoms with Gasteiger partial charge in [0.25, 0.3) is 0 Å². The molecular formula is C6H10OY-2. The van der Waals surface area contributed by atoms with E-state index in [0.717, 1.165) is 0 Å². The molecular weight excluding hydrogens is 177 g/mol. The molecule has 1 radical (unpaired) electrons. The smallest absolute Gasteiger partial charge is 0 e. The number of carbonyl (C=O) groups excluding carboxylic acids is 1. The zero-order valence-electron chi connectivity index (χ0n) is 4.05. The molecule has 0 rings (SSSR count). The Balaban J connectivity index is -0.000000125. The maximum absolute atomic E-state index is 9.57. The minimum absolute atomic E-state index is 0. The second kappa shape index (κ2) is 10.3. The molecule has 1 nitrogen and oxygen atoms in total. The SMILES string of the molecule is C.[CH2-]C=C([CH2-])C=O.[Y]. The Labute approximate surface area is 76.4 Å². The van der Waals surface area contributed by atoms with Crippen molar-refractivity contribution < 1.29 is 37.5 Å². The summed E-state index contributed by atoms with van der Waals surface area (Å²) in [5, 5.41) is 0. The first-order valence-corrected chi connectivity index (χ1v) is 1.57. The van der Waals surface area contributed by atoms with E-state index in [4.69, 9.17) is 0 Å². The molecule has 0 fully saturated rings. The Morgan fingerprint density at radius 2 is 1.88 bits per heavy atom. The zero-order valence-corrected chi connectivity index (χ0v) is 6.89. The number of allylic oxidation sites excluding steroid dienone is 2. The second-order valence-corrected chi connectivity index (χ2v) is 0.897. The van der Waals surface area contributed by atoms with Crippen molar-refractivity contribution in [2.24, 2.45) is 0 Å². The summed E-state index contributed by atoms with van der Waals surface area (Å²) in [4.78, 5) is 9.57. The molecule has 0 heterocycles. The average Bonchev–Trinajstić information content (AvgIpc) is 1.65. The van der Waals surface area contributed by atoms with E-state index in [1.54, 1.807) is 0 Å². The summed E-state index contributed by atoms with van der Waals surface area (Å²) >= 11 is 0. The average molecular weight is 187 g/mol. The van der Waals surface area contributed by atoms with Gasteiger partial charge >= 0.3 is 0 Å². The maximum Gasteiger partial charge on any atom is 0 e. The van der Waals surface area contributed by atoms with Crippen LogP contribution in [0.2, 0.25) is 0 Å². The molecule has 0 atom stereocenters. The summed E-state index contributed by atoms with van der Waals surface area (Å²) < 4.78 is 0. The first kappa shape index (κ1) is 15.7. The molecule has 0 saturated heterocycles. The number of aldehydes is 1.